The Bertz CT molecular complexity index is 206. The van der Waals surface area contributed by atoms with Crippen molar-refractivity contribution in [2.75, 3.05) is 13.6 Å². The molecule has 0 radical (unpaired) electrons. The zero-order valence-corrected chi connectivity index (χ0v) is 8.83. The normalized spacial score (nSPS) is 14.5. The Morgan fingerprint density at radius 3 is 2.36 bits per heavy atom. The number of aliphatic carboxylic acids is 1. The lowest BCUT2D eigenvalue weighted by atomic mass is 10.1. The molecule has 0 fully saturated rings. The van der Waals surface area contributed by atoms with Crippen LogP contribution >= 0.6 is 0 Å². The molecule has 0 aromatic carbocycles. The first-order chi connectivity index (χ1) is 6.52. The molecule has 5 nitrogen and oxygen atoms in total. The van der Waals surface area contributed by atoms with E-state index in [4.69, 9.17) is 5.11 Å². The SMILES string of the molecule is CC[C@H](NC(=O)C(C)CNC)C(=O)O. The van der Waals surface area contributed by atoms with E-state index in [1.165, 1.54) is 0 Å². The molecule has 0 aliphatic carbocycles. The molecule has 0 aliphatic rings. The number of carbonyl (C=O) groups excluding carboxylic acids is 1. The minimum absolute atomic E-state index is 0.214. The van der Waals surface area contributed by atoms with Crippen molar-refractivity contribution in [3.05, 3.63) is 0 Å². The quantitative estimate of drug-likeness (QED) is 0.558. The standard InChI is InChI=1S/C9H18N2O3/c1-4-7(9(13)14)11-8(12)6(2)5-10-3/h6-7,10H,4-5H2,1-3H3,(H,11,12)(H,13,14)/t6?,7-/m0/s1. The Hall–Kier alpha value is -1.10. The van der Waals surface area contributed by atoms with Crippen LogP contribution in [0.2, 0.25) is 0 Å². The molecule has 5 heteroatoms. The van der Waals surface area contributed by atoms with Crippen molar-refractivity contribution in [1.29, 1.82) is 0 Å². The molecule has 1 amide bonds. The molecular weight excluding hydrogens is 184 g/mol. The number of amides is 1. The maximum absolute atomic E-state index is 11.4. The molecule has 0 bridgehead atoms. The zero-order chi connectivity index (χ0) is 11.1. The largest absolute Gasteiger partial charge is 0.480 e. The molecule has 0 saturated heterocycles. The number of hydrogen-bond acceptors (Lipinski definition) is 3. The van der Waals surface area contributed by atoms with Gasteiger partial charge in [-0.2, -0.15) is 0 Å². The van der Waals surface area contributed by atoms with Gasteiger partial charge in [-0.25, -0.2) is 4.79 Å². The molecule has 3 N–H and O–H groups in total. The topological polar surface area (TPSA) is 78.4 Å². The lowest BCUT2D eigenvalue weighted by Gasteiger charge is -2.16. The maximum Gasteiger partial charge on any atom is 0.326 e. The summed E-state index contributed by atoms with van der Waals surface area (Å²) in [5, 5.41) is 14.0. The maximum atomic E-state index is 11.4. The molecule has 0 heterocycles. The van der Waals surface area contributed by atoms with Crippen molar-refractivity contribution in [1.82, 2.24) is 10.6 Å². The number of carbonyl (C=O) groups is 2. The molecule has 0 aliphatic heterocycles. The van der Waals surface area contributed by atoms with Gasteiger partial charge in [-0.1, -0.05) is 13.8 Å². The fourth-order valence-electron chi connectivity index (χ4n) is 1.05. The summed E-state index contributed by atoms with van der Waals surface area (Å²) in [6, 6.07) is -0.776. The fourth-order valence-corrected chi connectivity index (χ4v) is 1.05. The number of rotatable bonds is 6. The van der Waals surface area contributed by atoms with Gasteiger partial charge in [-0.05, 0) is 13.5 Å². The van der Waals surface area contributed by atoms with E-state index in [1.54, 1.807) is 20.9 Å². The van der Waals surface area contributed by atoms with Crippen molar-refractivity contribution in [3.63, 3.8) is 0 Å². The van der Waals surface area contributed by atoms with Crippen LogP contribution in [0.5, 0.6) is 0 Å². The first-order valence-electron chi connectivity index (χ1n) is 4.70. The highest BCUT2D eigenvalue weighted by Gasteiger charge is 2.20. The average molecular weight is 202 g/mol. The predicted octanol–water partition coefficient (Wildman–Crippen LogP) is -0.179. The molecule has 14 heavy (non-hydrogen) atoms. The van der Waals surface area contributed by atoms with Gasteiger partial charge >= 0.3 is 5.97 Å². The van der Waals surface area contributed by atoms with E-state index in [9.17, 15) is 9.59 Å². The van der Waals surface area contributed by atoms with Gasteiger partial charge in [0.1, 0.15) is 6.04 Å². The van der Waals surface area contributed by atoms with Crippen molar-refractivity contribution in [2.45, 2.75) is 26.3 Å². The second kappa shape index (κ2) is 6.37. The molecule has 0 saturated carbocycles. The number of nitrogens with one attached hydrogen (secondary N) is 2. The molecule has 0 aromatic rings. The lowest BCUT2D eigenvalue weighted by Crippen LogP contribution is -2.44. The van der Waals surface area contributed by atoms with E-state index in [-0.39, 0.29) is 11.8 Å². The van der Waals surface area contributed by atoms with E-state index in [2.05, 4.69) is 10.6 Å². The Labute approximate surface area is 83.9 Å². The molecular formula is C9H18N2O3. The summed E-state index contributed by atoms with van der Waals surface area (Å²) >= 11 is 0. The fraction of sp³-hybridized carbons (Fsp3) is 0.778. The van der Waals surface area contributed by atoms with E-state index in [1.807, 2.05) is 0 Å². The third-order valence-electron chi connectivity index (χ3n) is 1.98. The van der Waals surface area contributed by atoms with Crippen molar-refractivity contribution < 1.29 is 14.7 Å². The Morgan fingerprint density at radius 2 is 2.00 bits per heavy atom. The first kappa shape index (κ1) is 12.9. The monoisotopic (exact) mass is 202 g/mol. The van der Waals surface area contributed by atoms with Crippen LogP contribution < -0.4 is 10.6 Å². The highest BCUT2D eigenvalue weighted by Crippen LogP contribution is 1.96. The molecule has 0 aromatic heterocycles. The third kappa shape index (κ3) is 4.23. The minimum Gasteiger partial charge on any atom is -0.480 e. The third-order valence-corrected chi connectivity index (χ3v) is 1.98. The molecule has 82 valence electrons. The second-order valence-electron chi connectivity index (χ2n) is 3.27. The number of carboxylic acids is 1. The molecule has 1 unspecified atom stereocenters. The van der Waals surface area contributed by atoms with Gasteiger partial charge in [0.05, 0.1) is 0 Å². The zero-order valence-electron chi connectivity index (χ0n) is 8.83. The summed E-state index contributed by atoms with van der Waals surface area (Å²) in [5.74, 6) is -1.43. The Morgan fingerprint density at radius 1 is 1.43 bits per heavy atom. The highest BCUT2D eigenvalue weighted by atomic mass is 16.4. The first-order valence-corrected chi connectivity index (χ1v) is 4.70. The number of hydrogen-bond donors (Lipinski definition) is 3. The molecule has 0 rings (SSSR count). The summed E-state index contributed by atoms with van der Waals surface area (Å²) in [4.78, 5) is 22.0. The lowest BCUT2D eigenvalue weighted by molar-refractivity contribution is -0.142. The van der Waals surface area contributed by atoms with E-state index < -0.39 is 12.0 Å². The summed E-state index contributed by atoms with van der Waals surface area (Å²) in [5.41, 5.74) is 0. The van der Waals surface area contributed by atoms with Crippen LogP contribution in [0.4, 0.5) is 0 Å². The van der Waals surface area contributed by atoms with E-state index in [0.29, 0.717) is 13.0 Å². The van der Waals surface area contributed by atoms with Crippen molar-refractivity contribution in [2.24, 2.45) is 5.92 Å². The van der Waals surface area contributed by atoms with Crippen LogP contribution in [0.3, 0.4) is 0 Å². The van der Waals surface area contributed by atoms with Gasteiger partial charge < -0.3 is 15.7 Å². The van der Waals surface area contributed by atoms with Crippen LogP contribution in [0, 0.1) is 5.92 Å². The van der Waals surface area contributed by atoms with Crippen LogP contribution in [-0.2, 0) is 9.59 Å². The summed E-state index contributed by atoms with van der Waals surface area (Å²) in [6.45, 7) is 4.02. The van der Waals surface area contributed by atoms with Gasteiger partial charge in [0, 0.05) is 12.5 Å². The number of carboxylic acid groups (broad SMARTS) is 1. The van der Waals surface area contributed by atoms with Crippen molar-refractivity contribution in [3.8, 4) is 0 Å². The summed E-state index contributed by atoms with van der Waals surface area (Å²) in [7, 11) is 1.75. The van der Waals surface area contributed by atoms with Gasteiger partial charge in [0.25, 0.3) is 0 Å². The van der Waals surface area contributed by atoms with Crippen molar-refractivity contribution >= 4 is 11.9 Å². The minimum atomic E-state index is -0.988. The van der Waals surface area contributed by atoms with Gasteiger partial charge in [0.15, 0.2) is 0 Å². The second-order valence-corrected chi connectivity index (χ2v) is 3.27. The molecule has 0 spiro atoms. The van der Waals surface area contributed by atoms with Gasteiger partial charge in [0.2, 0.25) is 5.91 Å². The Balaban J connectivity index is 4.08. The summed E-state index contributed by atoms with van der Waals surface area (Å²) in [6.07, 6.45) is 0.396. The van der Waals surface area contributed by atoms with Gasteiger partial charge in [-0.15, -0.1) is 0 Å². The van der Waals surface area contributed by atoms with Crippen LogP contribution in [0.1, 0.15) is 20.3 Å². The van der Waals surface area contributed by atoms with E-state index in [0.717, 1.165) is 0 Å². The molecule has 2 atom stereocenters. The predicted molar refractivity (Wildman–Crippen MR) is 52.9 cm³/mol. The van der Waals surface area contributed by atoms with Crippen LogP contribution in [0.15, 0.2) is 0 Å². The highest BCUT2D eigenvalue weighted by molar-refractivity contribution is 5.84. The van der Waals surface area contributed by atoms with Crippen LogP contribution in [0.25, 0.3) is 0 Å². The summed E-state index contributed by atoms with van der Waals surface area (Å²) < 4.78 is 0. The Kier molecular flexibility index (Phi) is 5.87. The smallest absolute Gasteiger partial charge is 0.326 e. The van der Waals surface area contributed by atoms with Gasteiger partial charge in [-0.3, -0.25) is 4.79 Å². The van der Waals surface area contributed by atoms with E-state index >= 15 is 0 Å². The van der Waals surface area contributed by atoms with Crippen LogP contribution in [-0.4, -0.2) is 36.6 Å². The average Bonchev–Trinajstić information content (AvgIpc) is 2.13.